The summed E-state index contributed by atoms with van der Waals surface area (Å²) in [7, 11) is -1.89. The van der Waals surface area contributed by atoms with Gasteiger partial charge in [-0.1, -0.05) is 172 Å². The number of hydrogen-bond donors (Lipinski definition) is 0. The van der Waals surface area contributed by atoms with Gasteiger partial charge in [-0.15, -0.1) is 0 Å². The molecule has 0 aromatic heterocycles. The molecule has 1 aliphatic carbocycles. The zero-order valence-corrected chi connectivity index (χ0v) is 31.4. The average molecular weight is 696 g/mol. The number of para-hydroxylation sites is 2. The van der Waals surface area contributed by atoms with E-state index in [9.17, 15) is 0 Å². The molecule has 0 saturated carbocycles. The largest absolute Gasteiger partial charge is 0.309 e. The summed E-state index contributed by atoms with van der Waals surface area (Å²) in [5, 5.41) is 8.39. The molecule has 1 spiro atoms. The van der Waals surface area contributed by atoms with Crippen molar-refractivity contribution in [1.29, 1.82) is 0 Å². The summed E-state index contributed by atoms with van der Waals surface area (Å²) in [5.74, 6) is 0. The first kappa shape index (κ1) is 30.9. The summed E-state index contributed by atoms with van der Waals surface area (Å²) >= 11 is 0. The van der Waals surface area contributed by atoms with Crippen LogP contribution in [0.4, 0.5) is 17.1 Å². The molecule has 0 atom stereocenters. The molecule has 2 heteroatoms. The molecule has 1 fully saturated rings. The van der Waals surface area contributed by atoms with E-state index in [-0.39, 0.29) is 5.41 Å². The highest BCUT2D eigenvalue weighted by Crippen LogP contribution is 2.56. The van der Waals surface area contributed by atoms with Crippen LogP contribution in [0.5, 0.6) is 0 Å². The third-order valence-corrected chi connectivity index (χ3v) is 18.3. The van der Waals surface area contributed by atoms with Gasteiger partial charge in [-0.05, 0) is 95.9 Å². The first-order valence-corrected chi connectivity index (χ1v) is 21.7. The Bertz CT molecular complexity index is 2720. The molecule has 2 aliphatic heterocycles. The minimum atomic E-state index is -1.89. The molecular weight excluding hydrogens is 655 g/mol. The molecule has 1 saturated heterocycles. The van der Waals surface area contributed by atoms with Crippen molar-refractivity contribution in [2.75, 3.05) is 4.90 Å². The molecule has 8 aromatic carbocycles. The second-order valence-corrected chi connectivity index (χ2v) is 20.2. The standard InChI is InChI=1S/C51H41NSi/c1-51(2)42-23-9-8-21-39(42)49-40(22-16-24-43(49)51)48-36-19-6-7-20-37(36)50(38-30-29-35(33-41(38)48)34-17-4-3-5-18-34)52-44-25-10-12-27-46(44)53(31-14-15-32-53)47-28-13-11-26-45(47)52/h3-13,16-30,33H,14-15,31-32H2,1-2H3. The second kappa shape index (κ2) is 11.4. The second-order valence-electron chi connectivity index (χ2n) is 16.0. The minimum Gasteiger partial charge on any atom is -0.309 e. The summed E-state index contributed by atoms with van der Waals surface area (Å²) in [4.78, 5) is 2.66. The van der Waals surface area contributed by atoms with Gasteiger partial charge < -0.3 is 4.90 Å². The van der Waals surface area contributed by atoms with Gasteiger partial charge in [0.15, 0.2) is 0 Å². The number of nitrogens with zero attached hydrogens (tertiary/aromatic N) is 1. The van der Waals surface area contributed by atoms with Gasteiger partial charge in [-0.3, -0.25) is 0 Å². The summed E-state index contributed by atoms with van der Waals surface area (Å²) in [6.07, 6.45) is 2.66. The molecule has 11 rings (SSSR count). The van der Waals surface area contributed by atoms with Crippen LogP contribution in [0.2, 0.25) is 12.1 Å². The Morgan fingerprint density at radius 1 is 0.453 bits per heavy atom. The topological polar surface area (TPSA) is 3.24 Å². The van der Waals surface area contributed by atoms with Gasteiger partial charge in [0.25, 0.3) is 0 Å². The molecule has 8 aromatic rings. The van der Waals surface area contributed by atoms with Crippen molar-refractivity contribution < 1.29 is 0 Å². The van der Waals surface area contributed by atoms with Crippen LogP contribution < -0.4 is 15.3 Å². The zero-order chi connectivity index (χ0) is 35.3. The van der Waals surface area contributed by atoms with Gasteiger partial charge in [0.2, 0.25) is 0 Å². The van der Waals surface area contributed by atoms with Crippen LogP contribution in [0.3, 0.4) is 0 Å². The fourth-order valence-electron chi connectivity index (χ4n) is 10.6. The highest BCUT2D eigenvalue weighted by molar-refractivity contribution is 7.05. The maximum absolute atomic E-state index is 2.66. The third kappa shape index (κ3) is 4.24. The Labute approximate surface area is 313 Å². The molecule has 254 valence electrons. The smallest absolute Gasteiger partial charge is 0.123 e. The molecular formula is C51H41NSi. The number of anilines is 3. The van der Waals surface area contributed by atoms with Gasteiger partial charge in [0, 0.05) is 27.6 Å². The van der Waals surface area contributed by atoms with Crippen LogP contribution in [0, 0.1) is 0 Å². The number of rotatable bonds is 3. The predicted molar refractivity (Wildman–Crippen MR) is 228 cm³/mol. The summed E-state index contributed by atoms with van der Waals surface area (Å²) in [5.41, 5.74) is 14.6. The average Bonchev–Trinajstić information content (AvgIpc) is 3.79. The van der Waals surface area contributed by atoms with Crippen LogP contribution in [0.15, 0.2) is 164 Å². The lowest BCUT2D eigenvalue weighted by Crippen LogP contribution is -2.60. The zero-order valence-electron chi connectivity index (χ0n) is 30.4. The minimum absolute atomic E-state index is 0.0794. The van der Waals surface area contributed by atoms with Gasteiger partial charge in [-0.25, -0.2) is 0 Å². The van der Waals surface area contributed by atoms with Gasteiger partial charge in [0.05, 0.1) is 5.69 Å². The van der Waals surface area contributed by atoms with Crippen molar-refractivity contribution in [1.82, 2.24) is 0 Å². The van der Waals surface area contributed by atoms with Gasteiger partial charge >= 0.3 is 0 Å². The molecule has 53 heavy (non-hydrogen) atoms. The quantitative estimate of drug-likeness (QED) is 0.131. The van der Waals surface area contributed by atoms with E-state index in [1.165, 1.54) is 108 Å². The Balaban J connectivity index is 1.29. The van der Waals surface area contributed by atoms with E-state index in [0.717, 1.165) is 0 Å². The van der Waals surface area contributed by atoms with Crippen molar-refractivity contribution in [2.45, 2.75) is 44.2 Å². The molecule has 0 bridgehead atoms. The molecule has 0 unspecified atom stereocenters. The lowest BCUT2D eigenvalue weighted by molar-refractivity contribution is 0.660. The molecule has 1 nitrogen and oxygen atoms in total. The first-order valence-electron chi connectivity index (χ1n) is 19.3. The monoisotopic (exact) mass is 695 g/mol. The van der Waals surface area contributed by atoms with Crippen LogP contribution in [0.25, 0.3) is 54.9 Å². The highest BCUT2D eigenvalue weighted by Gasteiger charge is 2.47. The fraction of sp³-hybridized carbons (Fsp3) is 0.137. The SMILES string of the molecule is CC1(C)c2ccccc2-c2c(-c3c4ccccc4c(N4c5ccccc5[Si]5(CCCC5)c5ccccc54)c4ccc(-c5ccccc5)cc34)cccc21. The molecule has 0 radical (unpaired) electrons. The Kier molecular flexibility index (Phi) is 6.64. The molecule has 2 heterocycles. The molecule has 0 N–H and O–H groups in total. The Morgan fingerprint density at radius 3 is 1.79 bits per heavy atom. The summed E-state index contributed by atoms with van der Waals surface area (Å²) < 4.78 is 0. The van der Waals surface area contributed by atoms with Gasteiger partial charge in [0.1, 0.15) is 8.07 Å². The van der Waals surface area contributed by atoms with E-state index in [2.05, 4.69) is 183 Å². The maximum Gasteiger partial charge on any atom is 0.123 e. The molecule has 0 amide bonds. The summed E-state index contributed by atoms with van der Waals surface area (Å²) in [6, 6.07) is 65.1. The van der Waals surface area contributed by atoms with Crippen molar-refractivity contribution in [3.63, 3.8) is 0 Å². The van der Waals surface area contributed by atoms with Crippen molar-refractivity contribution >= 4 is 57.1 Å². The fourth-order valence-corrected chi connectivity index (χ4v) is 16.2. The first-order chi connectivity index (χ1) is 26.1. The summed E-state index contributed by atoms with van der Waals surface area (Å²) in [6.45, 7) is 4.78. The number of benzene rings is 8. The van der Waals surface area contributed by atoms with E-state index in [4.69, 9.17) is 0 Å². The van der Waals surface area contributed by atoms with Crippen molar-refractivity contribution in [2.24, 2.45) is 0 Å². The third-order valence-electron chi connectivity index (χ3n) is 13.0. The van der Waals surface area contributed by atoms with Crippen LogP contribution in [-0.4, -0.2) is 8.07 Å². The highest BCUT2D eigenvalue weighted by atomic mass is 28.3. The van der Waals surface area contributed by atoms with E-state index in [1.807, 2.05) is 0 Å². The van der Waals surface area contributed by atoms with Crippen LogP contribution >= 0.6 is 0 Å². The van der Waals surface area contributed by atoms with Crippen molar-refractivity contribution in [3.8, 4) is 33.4 Å². The van der Waals surface area contributed by atoms with E-state index in [0.29, 0.717) is 0 Å². The lowest BCUT2D eigenvalue weighted by atomic mass is 9.81. The van der Waals surface area contributed by atoms with E-state index < -0.39 is 8.07 Å². The van der Waals surface area contributed by atoms with Crippen LogP contribution in [-0.2, 0) is 5.41 Å². The normalized spacial score (nSPS) is 16.1. The predicted octanol–water partition coefficient (Wildman–Crippen LogP) is 12.8. The van der Waals surface area contributed by atoms with Crippen LogP contribution in [0.1, 0.15) is 37.8 Å². The number of hydrogen-bond acceptors (Lipinski definition) is 1. The molecule has 3 aliphatic rings. The van der Waals surface area contributed by atoms with E-state index >= 15 is 0 Å². The lowest BCUT2D eigenvalue weighted by Gasteiger charge is -2.43. The van der Waals surface area contributed by atoms with Crippen molar-refractivity contribution in [3.05, 3.63) is 175 Å². The van der Waals surface area contributed by atoms with E-state index in [1.54, 1.807) is 10.4 Å². The van der Waals surface area contributed by atoms with Gasteiger partial charge in [-0.2, -0.15) is 0 Å². The Hall–Kier alpha value is -5.70. The maximum atomic E-state index is 2.66. The number of fused-ring (bicyclic) bond motifs is 9. The Morgan fingerprint density at radius 2 is 1.04 bits per heavy atom.